The van der Waals surface area contributed by atoms with Crippen molar-refractivity contribution in [2.45, 2.75) is 336 Å². The third-order valence-electron chi connectivity index (χ3n) is 15.6. The van der Waals surface area contributed by atoms with Gasteiger partial charge in [-0.25, -0.2) is 9.13 Å². The average Bonchev–Trinajstić information content (AvgIpc) is 3.53. The minimum absolute atomic E-state index is 0.0841. The molecule has 0 aromatic rings. The first-order chi connectivity index (χ1) is 42.3. The SMILES string of the molecule is CCCCCC/C=C\C=C/CCCCCCCC(=O)O[C@H](COC(=O)CCCCCCCCCCCCC(C)C)COP(=O)(O)OC[C@@H](O)COP(=O)(O)OC[C@@H](COC(=O)CCCCCCCCC(C)CC)OC(=O)CCCCCCCCCC(C)C. The maximum Gasteiger partial charge on any atom is 0.472 e. The summed E-state index contributed by atoms with van der Waals surface area (Å²) in [5, 5.41) is 10.6. The highest BCUT2D eigenvalue weighted by Crippen LogP contribution is 2.45. The first-order valence-corrected chi connectivity index (χ1v) is 38.2. The Morgan fingerprint density at radius 1 is 0.375 bits per heavy atom. The average molecular weight is 1290 g/mol. The van der Waals surface area contributed by atoms with Crippen LogP contribution in [0.2, 0.25) is 0 Å². The first kappa shape index (κ1) is 85.5. The molecule has 0 spiro atoms. The van der Waals surface area contributed by atoms with Gasteiger partial charge < -0.3 is 33.8 Å². The zero-order valence-electron chi connectivity index (χ0n) is 56.7. The summed E-state index contributed by atoms with van der Waals surface area (Å²) < 4.78 is 68.1. The van der Waals surface area contributed by atoms with Crippen molar-refractivity contribution in [1.29, 1.82) is 0 Å². The number of unbranched alkanes of at least 4 members (excludes halogenated alkanes) is 29. The van der Waals surface area contributed by atoms with E-state index in [2.05, 4.69) is 72.8 Å². The van der Waals surface area contributed by atoms with E-state index in [0.717, 1.165) is 121 Å². The fourth-order valence-corrected chi connectivity index (χ4v) is 11.4. The predicted molar refractivity (Wildman–Crippen MR) is 354 cm³/mol. The van der Waals surface area contributed by atoms with Gasteiger partial charge >= 0.3 is 39.5 Å². The highest BCUT2D eigenvalue weighted by atomic mass is 31.2. The summed E-state index contributed by atoms with van der Waals surface area (Å²) in [5.41, 5.74) is 0. The van der Waals surface area contributed by atoms with Crippen molar-refractivity contribution in [1.82, 2.24) is 0 Å². The Labute approximate surface area is 535 Å². The number of carbonyl (C=O) groups excluding carboxylic acids is 4. The number of hydrogen-bond acceptors (Lipinski definition) is 15. The van der Waals surface area contributed by atoms with Gasteiger partial charge in [0.2, 0.25) is 0 Å². The molecule has 0 radical (unpaired) electrons. The molecule has 518 valence electrons. The minimum atomic E-state index is -4.96. The smallest absolute Gasteiger partial charge is 0.462 e. The van der Waals surface area contributed by atoms with E-state index in [1.807, 2.05) is 0 Å². The van der Waals surface area contributed by atoms with Gasteiger partial charge in [-0.3, -0.25) is 37.3 Å². The van der Waals surface area contributed by atoms with Gasteiger partial charge in [-0.05, 0) is 69.1 Å². The van der Waals surface area contributed by atoms with Crippen LogP contribution in [0, 0.1) is 17.8 Å². The number of phosphoric acid groups is 2. The van der Waals surface area contributed by atoms with Crippen LogP contribution in [0.4, 0.5) is 0 Å². The number of carbonyl (C=O) groups is 4. The quantitative estimate of drug-likeness (QED) is 0.0169. The van der Waals surface area contributed by atoms with Gasteiger partial charge in [-0.15, -0.1) is 0 Å². The number of aliphatic hydroxyl groups excluding tert-OH is 1. The Hall–Kier alpha value is -2.46. The van der Waals surface area contributed by atoms with Crippen LogP contribution in [-0.4, -0.2) is 96.7 Å². The van der Waals surface area contributed by atoms with Crippen molar-refractivity contribution in [3.05, 3.63) is 24.3 Å². The lowest BCUT2D eigenvalue weighted by Crippen LogP contribution is -2.30. The fraction of sp³-hybridized carbons (Fsp3) is 0.884. The Kier molecular flexibility index (Phi) is 57.9. The molecule has 0 saturated heterocycles. The molecule has 0 aliphatic carbocycles. The molecule has 0 fully saturated rings. The van der Waals surface area contributed by atoms with E-state index in [1.54, 1.807) is 0 Å². The molecule has 6 atom stereocenters. The van der Waals surface area contributed by atoms with Crippen LogP contribution in [0.25, 0.3) is 0 Å². The fourth-order valence-electron chi connectivity index (χ4n) is 9.79. The maximum absolute atomic E-state index is 13.0. The normalized spacial score (nSPS) is 14.7. The lowest BCUT2D eigenvalue weighted by atomic mass is 10.00. The molecule has 19 heteroatoms. The Morgan fingerprint density at radius 2 is 0.670 bits per heavy atom. The van der Waals surface area contributed by atoms with E-state index in [0.29, 0.717) is 31.6 Å². The number of phosphoric ester groups is 2. The number of rotatable bonds is 65. The molecular formula is C69H130O17P2. The first-order valence-electron chi connectivity index (χ1n) is 35.2. The number of esters is 4. The van der Waals surface area contributed by atoms with Gasteiger partial charge in [-0.1, -0.05) is 265 Å². The summed E-state index contributed by atoms with van der Waals surface area (Å²) >= 11 is 0. The molecule has 0 saturated carbocycles. The van der Waals surface area contributed by atoms with Gasteiger partial charge in [-0.2, -0.15) is 0 Å². The molecule has 0 aromatic carbocycles. The lowest BCUT2D eigenvalue weighted by molar-refractivity contribution is -0.161. The molecule has 0 heterocycles. The van der Waals surface area contributed by atoms with Gasteiger partial charge in [0.25, 0.3) is 0 Å². The van der Waals surface area contributed by atoms with Crippen molar-refractivity contribution in [2.75, 3.05) is 39.6 Å². The Bertz CT molecular complexity index is 1830. The summed E-state index contributed by atoms with van der Waals surface area (Å²) in [4.78, 5) is 72.4. The minimum Gasteiger partial charge on any atom is -0.462 e. The molecule has 3 N–H and O–H groups in total. The van der Waals surface area contributed by atoms with Gasteiger partial charge in [0.1, 0.15) is 19.3 Å². The molecule has 3 unspecified atom stereocenters. The van der Waals surface area contributed by atoms with E-state index in [9.17, 15) is 43.2 Å². The summed E-state index contributed by atoms with van der Waals surface area (Å²) in [7, 11) is -9.91. The molecule has 88 heavy (non-hydrogen) atoms. The van der Waals surface area contributed by atoms with E-state index >= 15 is 0 Å². The van der Waals surface area contributed by atoms with Crippen molar-refractivity contribution in [3.63, 3.8) is 0 Å². The zero-order valence-corrected chi connectivity index (χ0v) is 58.5. The van der Waals surface area contributed by atoms with E-state index in [-0.39, 0.29) is 25.7 Å². The van der Waals surface area contributed by atoms with Crippen molar-refractivity contribution in [3.8, 4) is 0 Å². The summed E-state index contributed by atoms with van der Waals surface area (Å²) in [6.07, 6.45) is 45.4. The molecule has 0 aliphatic rings. The van der Waals surface area contributed by atoms with E-state index in [1.165, 1.54) is 109 Å². The standard InChI is InChI=1S/C69H130O17P2/c1-8-10-11-12-13-14-15-16-17-18-19-24-29-38-45-52-68(73)85-64(56-79-66(71)50-43-36-28-23-21-20-22-26-33-40-47-60(3)4)58-83-87(75,76)81-54-63(70)55-82-88(77,78)84-59-65(86-69(74)53-46-39-30-25-27-34-41-48-61(5)6)57-80-67(72)51-44-37-32-31-35-42-49-62(7)9-2/h14-17,60-65,70H,8-13,18-59H2,1-7H3,(H,75,76)(H,77,78)/b15-14-,17-16-/t62?,63-,64-,65-/m1/s1. The zero-order chi connectivity index (χ0) is 65.2. The van der Waals surface area contributed by atoms with Crippen LogP contribution in [-0.2, 0) is 65.4 Å². The van der Waals surface area contributed by atoms with Gasteiger partial charge in [0, 0.05) is 25.7 Å². The summed E-state index contributed by atoms with van der Waals surface area (Å²) in [6, 6.07) is 0. The summed E-state index contributed by atoms with van der Waals surface area (Å²) in [6.45, 7) is 11.7. The molecule has 17 nitrogen and oxygen atoms in total. The molecule has 0 bridgehead atoms. The largest absolute Gasteiger partial charge is 0.472 e. The van der Waals surface area contributed by atoms with Crippen molar-refractivity contribution < 1.29 is 80.2 Å². The van der Waals surface area contributed by atoms with Gasteiger partial charge in [0.05, 0.1) is 26.4 Å². The predicted octanol–water partition coefficient (Wildman–Crippen LogP) is 19.0. The highest BCUT2D eigenvalue weighted by molar-refractivity contribution is 7.47. The van der Waals surface area contributed by atoms with Crippen LogP contribution >= 0.6 is 15.6 Å². The Balaban J connectivity index is 5.29. The molecule has 0 aromatic heterocycles. The monoisotopic (exact) mass is 1290 g/mol. The van der Waals surface area contributed by atoms with E-state index in [4.69, 9.17) is 37.0 Å². The van der Waals surface area contributed by atoms with Crippen LogP contribution < -0.4 is 0 Å². The molecule has 0 amide bonds. The number of hydrogen-bond donors (Lipinski definition) is 3. The highest BCUT2D eigenvalue weighted by Gasteiger charge is 2.30. The topological polar surface area (TPSA) is 237 Å². The lowest BCUT2D eigenvalue weighted by Gasteiger charge is -2.21. The molecular weight excluding hydrogens is 1160 g/mol. The Morgan fingerprint density at radius 3 is 1.01 bits per heavy atom. The van der Waals surface area contributed by atoms with Gasteiger partial charge in [0.15, 0.2) is 12.2 Å². The number of ether oxygens (including phenoxy) is 4. The second-order valence-corrected chi connectivity index (χ2v) is 28.3. The summed E-state index contributed by atoms with van der Waals surface area (Å²) in [5.74, 6) is 0.0169. The third-order valence-corrected chi connectivity index (χ3v) is 17.5. The molecule has 0 aliphatic heterocycles. The third kappa shape index (κ3) is 61.1. The van der Waals surface area contributed by atoms with Crippen LogP contribution in [0.1, 0.15) is 318 Å². The van der Waals surface area contributed by atoms with Crippen LogP contribution in [0.3, 0.4) is 0 Å². The van der Waals surface area contributed by atoms with Crippen LogP contribution in [0.15, 0.2) is 24.3 Å². The number of aliphatic hydroxyl groups is 1. The second kappa shape index (κ2) is 59.5. The van der Waals surface area contributed by atoms with Crippen molar-refractivity contribution in [2.24, 2.45) is 17.8 Å². The van der Waals surface area contributed by atoms with E-state index < -0.39 is 97.5 Å². The second-order valence-electron chi connectivity index (χ2n) is 25.4. The van der Waals surface area contributed by atoms with Crippen LogP contribution in [0.5, 0.6) is 0 Å². The number of allylic oxidation sites excluding steroid dienone is 4. The maximum atomic E-state index is 13.0. The molecule has 0 rings (SSSR count). The van der Waals surface area contributed by atoms with Crippen molar-refractivity contribution >= 4 is 39.5 Å².